The Bertz CT molecular complexity index is 521. The smallest absolute Gasteiger partial charge is 0.395 e. The molecule has 0 aliphatic rings. The first-order chi connectivity index (χ1) is 6.48. The lowest BCUT2D eigenvalue weighted by molar-refractivity contribution is 0.501. The van der Waals surface area contributed by atoms with E-state index in [1.807, 2.05) is 20.8 Å². The molecule has 0 aromatic carbocycles. The summed E-state index contributed by atoms with van der Waals surface area (Å²) < 4.78 is 4.93. The molecule has 0 amide bonds. The maximum atomic E-state index is 11.1. The van der Waals surface area contributed by atoms with Gasteiger partial charge in [-0.15, -0.1) is 0 Å². The lowest BCUT2D eigenvalue weighted by atomic mass is 9.91. The summed E-state index contributed by atoms with van der Waals surface area (Å²) in [6.07, 6.45) is 0. The van der Waals surface area contributed by atoms with Crippen LogP contribution in [-0.4, -0.2) is 9.97 Å². The number of fused-ring (bicyclic) bond motifs is 1. The number of thiazole rings is 1. The van der Waals surface area contributed by atoms with Crippen LogP contribution in [0.4, 0.5) is 0 Å². The van der Waals surface area contributed by atoms with Gasteiger partial charge in [-0.2, -0.15) is 4.98 Å². The Morgan fingerprint density at radius 3 is 2.79 bits per heavy atom. The monoisotopic (exact) mass is 210 g/mol. The van der Waals surface area contributed by atoms with Gasteiger partial charge in [0.25, 0.3) is 0 Å². The van der Waals surface area contributed by atoms with Crippen LogP contribution in [0.25, 0.3) is 10.4 Å². The summed E-state index contributed by atoms with van der Waals surface area (Å²) in [7, 11) is 0. The van der Waals surface area contributed by atoms with Gasteiger partial charge >= 0.3 is 5.76 Å². The molecular formula is C9H10N2O2S. The average molecular weight is 210 g/mol. The summed E-state index contributed by atoms with van der Waals surface area (Å²) in [6.45, 7) is 5.98. The van der Waals surface area contributed by atoms with E-state index in [9.17, 15) is 4.79 Å². The second-order valence-electron chi connectivity index (χ2n) is 4.07. The van der Waals surface area contributed by atoms with Crippen molar-refractivity contribution in [2.45, 2.75) is 26.2 Å². The van der Waals surface area contributed by atoms with Crippen molar-refractivity contribution in [1.82, 2.24) is 9.97 Å². The predicted octanol–water partition coefficient (Wildman–Crippen LogP) is 1.94. The summed E-state index contributed by atoms with van der Waals surface area (Å²) in [6, 6.07) is 0. The molecule has 0 aliphatic heterocycles. The topological polar surface area (TPSA) is 56.0 Å². The zero-order valence-electron chi connectivity index (χ0n) is 8.20. The molecule has 0 atom stereocenters. The number of nitrogens with zero attached hydrogens (tertiary/aromatic N) is 2. The van der Waals surface area contributed by atoms with Crippen molar-refractivity contribution in [2.24, 2.45) is 0 Å². The highest BCUT2D eigenvalue weighted by atomic mass is 32.1. The molecule has 0 unspecified atom stereocenters. The first-order valence-electron chi connectivity index (χ1n) is 4.23. The number of aromatic nitrogens is 2. The molecule has 0 spiro atoms. The Kier molecular flexibility index (Phi) is 1.92. The highest BCUT2D eigenvalue weighted by Gasteiger charge is 2.22. The van der Waals surface area contributed by atoms with Gasteiger partial charge in [-0.05, 0) is 0 Å². The second-order valence-corrected chi connectivity index (χ2v) is 4.88. The summed E-state index contributed by atoms with van der Waals surface area (Å²) in [4.78, 5) is 19.7. The molecule has 0 N–H and O–H groups in total. The van der Waals surface area contributed by atoms with Crippen molar-refractivity contribution < 1.29 is 4.42 Å². The molecule has 2 heterocycles. The van der Waals surface area contributed by atoms with Gasteiger partial charge in [0.2, 0.25) is 4.90 Å². The molecule has 0 saturated heterocycles. The molecule has 74 valence electrons. The normalized spacial score (nSPS) is 12.2. The zero-order valence-corrected chi connectivity index (χ0v) is 9.01. The lowest BCUT2D eigenvalue weighted by Crippen LogP contribution is -2.19. The van der Waals surface area contributed by atoms with Gasteiger partial charge in [0, 0.05) is 5.41 Å². The van der Waals surface area contributed by atoms with Gasteiger partial charge in [0.05, 0.1) is 11.2 Å². The number of hydrogen-bond donors (Lipinski definition) is 0. The third-order valence-corrected chi connectivity index (χ3v) is 2.55. The van der Waals surface area contributed by atoms with Gasteiger partial charge in [-0.1, -0.05) is 32.1 Å². The van der Waals surface area contributed by atoms with E-state index in [0.717, 1.165) is 0 Å². The SMILES string of the molecule is CC(C)(C)c1nc(=O)oc2scnc12. The van der Waals surface area contributed by atoms with Crippen molar-refractivity contribution in [3.05, 3.63) is 21.8 Å². The standard InChI is InChI=1S/C9H10N2O2S/c1-9(2,3)6-5-7(14-4-10-5)13-8(12)11-6/h4H,1-3H3. The summed E-state index contributed by atoms with van der Waals surface area (Å²) in [5.41, 5.74) is 2.86. The van der Waals surface area contributed by atoms with E-state index in [1.54, 1.807) is 5.51 Å². The van der Waals surface area contributed by atoms with Crippen molar-refractivity contribution in [1.29, 1.82) is 0 Å². The van der Waals surface area contributed by atoms with E-state index in [2.05, 4.69) is 9.97 Å². The van der Waals surface area contributed by atoms with Crippen molar-refractivity contribution >= 4 is 21.8 Å². The minimum absolute atomic E-state index is 0.192. The summed E-state index contributed by atoms with van der Waals surface area (Å²) in [5.74, 6) is -0.549. The largest absolute Gasteiger partial charge is 0.440 e. The Balaban J connectivity index is 2.87. The van der Waals surface area contributed by atoms with Gasteiger partial charge in [-0.25, -0.2) is 9.78 Å². The van der Waals surface area contributed by atoms with Crippen LogP contribution < -0.4 is 5.76 Å². The molecule has 2 rings (SSSR count). The molecule has 0 saturated carbocycles. The number of hydrogen-bond acceptors (Lipinski definition) is 5. The molecule has 0 aliphatic carbocycles. The number of rotatable bonds is 0. The maximum Gasteiger partial charge on any atom is 0.440 e. The fourth-order valence-corrected chi connectivity index (χ4v) is 1.87. The lowest BCUT2D eigenvalue weighted by Gasteiger charge is -2.16. The first-order valence-corrected chi connectivity index (χ1v) is 5.11. The van der Waals surface area contributed by atoms with E-state index in [0.29, 0.717) is 16.1 Å². The van der Waals surface area contributed by atoms with Crippen molar-refractivity contribution in [2.75, 3.05) is 0 Å². The van der Waals surface area contributed by atoms with E-state index in [4.69, 9.17) is 4.42 Å². The Morgan fingerprint density at radius 2 is 2.14 bits per heavy atom. The fraction of sp³-hybridized carbons (Fsp3) is 0.444. The Labute approximate surface area is 84.6 Å². The molecule has 4 nitrogen and oxygen atoms in total. The van der Waals surface area contributed by atoms with Crippen LogP contribution in [-0.2, 0) is 5.41 Å². The van der Waals surface area contributed by atoms with Crippen LogP contribution in [0.15, 0.2) is 14.7 Å². The molecule has 2 aromatic rings. The summed E-state index contributed by atoms with van der Waals surface area (Å²) >= 11 is 1.31. The molecular weight excluding hydrogens is 200 g/mol. The minimum Gasteiger partial charge on any atom is -0.395 e. The minimum atomic E-state index is -0.549. The quantitative estimate of drug-likeness (QED) is 0.666. The third-order valence-electron chi connectivity index (χ3n) is 1.85. The van der Waals surface area contributed by atoms with Crippen molar-refractivity contribution in [3.63, 3.8) is 0 Å². The molecule has 5 heteroatoms. The molecule has 0 radical (unpaired) electrons. The highest BCUT2D eigenvalue weighted by Crippen LogP contribution is 2.27. The van der Waals surface area contributed by atoms with Gasteiger partial charge in [0.15, 0.2) is 0 Å². The first kappa shape index (κ1) is 9.33. The van der Waals surface area contributed by atoms with Crippen LogP contribution in [0.1, 0.15) is 26.5 Å². The van der Waals surface area contributed by atoms with Crippen LogP contribution in [0, 0.1) is 0 Å². The maximum absolute atomic E-state index is 11.1. The van der Waals surface area contributed by atoms with Gasteiger partial charge in [0.1, 0.15) is 5.52 Å². The molecule has 2 aromatic heterocycles. The second kappa shape index (κ2) is 2.88. The van der Waals surface area contributed by atoms with Crippen molar-refractivity contribution in [3.8, 4) is 0 Å². The van der Waals surface area contributed by atoms with Gasteiger partial charge < -0.3 is 4.42 Å². The van der Waals surface area contributed by atoms with Crippen LogP contribution >= 0.6 is 11.3 Å². The van der Waals surface area contributed by atoms with Crippen LogP contribution in [0.3, 0.4) is 0 Å². The molecule has 14 heavy (non-hydrogen) atoms. The van der Waals surface area contributed by atoms with Crippen LogP contribution in [0.2, 0.25) is 0 Å². The van der Waals surface area contributed by atoms with E-state index in [1.165, 1.54) is 11.3 Å². The zero-order chi connectivity index (χ0) is 10.3. The van der Waals surface area contributed by atoms with E-state index < -0.39 is 5.76 Å². The Hall–Kier alpha value is -1.23. The average Bonchev–Trinajstić information content (AvgIpc) is 2.47. The third kappa shape index (κ3) is 1.43. The fourth-order valence-electron chi connectivity index (χ4n) is 1.23. The van der Waals surface area contributed by atoms with Gasteiger partial charge in [-0.3, -0.25) is 0 Å². The van der Waals surface area contributed by atoms with E-state index in [-0.39, 0.29) is 5.41 Å². The van der Waals surface area contributed by atoms with Crippen LogP contribution in [0.5, 0.6) is 0 Å². The Morgan fingerprint density at radius 1 is 1.43 bits per heavy atom. The highest BCUT2D eigenvalue weighted by molar-refractivity contribution is 7.16. The predicted molar refractivity (Wildman–Crippen MR) is 54.7 cm³/mol. The van der Waals surface area contributed by atoms with E-state index >= 15 is 0 Å². The summed E-state index contributed by atoms with van der Waals surface area (Å²) in [5, 5.41) is 0. The molecule has 0 fully saturated rings. The molecule has 0 bridgehead atoms.